The van der Waals surface area contributed by atoms with Gasteiger partial charge in [-0.1, -0.05) is 17.7 Å². The molecule has 3 fully saturated rings. The third-order valence-electron chi connectivity index (χ3n) is 9.40. The van der Waals surface area contributed by atoms with Crippen molar-refractivity contribution in [3.63, 3.8) is 0 Å². The van der Waals surface area contributed by atoms with Crippen LogP contribution in [0.5, 0.6) is 5.75 Å². The molecule has 2 aromatic carbocycles. The highest BCUT2D eigenvalue weighted by Crippen LogP contribution is 2.40. The van der Waals surface area contributed by atoms with Crippen molar-refractivity contribution < 1.29 is 17.9 Å². The molecular formula is C36H30FN7O3S2. The van der Waals surface area contributed by atoms with Crippen LogP contribution >= 0.6 is 11.3 Å². The predicted molar refractivity (Wildman–Crippen MR) is 185 cm³/mol. The summed E-state index contributed by atoms with van der Waals surface area (Å²) in [5.41, 5.74) is 4.34. The molecule has 0 radical (unpaired) electrons. The van der Waals surface area contributed by atoms with Crippen molar-refractivity contribution in [1.29, 1.82) is 5.26 Å². The van der Waals surface area contributed by atoms with Gasteiger partial charge in [0.25, 0.3) is 10.0 Å². The van der Waals surface area contributed by atoms with E-state index in [1.807, 2.05) is 31.4 Å². The van der Waals surface area contributed by atoms with Gasteiger partial charge in [0.15, 0.2) is 5.65 Å². The number of benzene rings is 2. The maximum absolute atomic E-state index is 14.2. The number of rotatable bonds is 7. The lowest BCUT2D eigenvalue weighted by atomic mass is 9.86. The Balaban J connectivity index is 1.15. The number of fused-ring (bicyclic) bond motifs is 3. The SMILES string of the molecule is Cc1ccc(S(=O)(=O)n2c(-c3nc(C)cs3)cc3c(-c4ccc(N5CC6CC(C5)N6Cc5cc(F)ccc5O)nc4)c(C#N)cnc32)cc1. The number of nitrogens with zero attached hydrogens (tertiary/aromatic N) is 7. The minimum atomic E-state index is -4.10. The molecule has 0 saturated carbocycles. The van der Waals surface area contributed by atoms with Gasteiger partial charge in [0.05, 0.1) is 16.2 Å². The van der Waals surface area contributed by atoms with Crippen LogP contribution < -0.4 is 4.90 Å². The number of phenolic OH excluding ortho intramolecular Hbond substituents is 1. The molecule has 3 aliphatic rings. The Morgan fingerprint density at radius 3 is 2.47 bits per heavy atom. The van der Waals surface area contributed by atoms with E-state index in [0.717, 1.165) is 36.6 Å². The zero-order valence-corrected chi connectivity index (χ0v) is 28.2. The van der Waals surface area contributed by atoms with E-state index in [4.69, 9.17) is 4.98 Å². The summed E-state index contributed by atoms with van der Waals surface area (Å²) in [6, 6.07) is 19.0. The Kier molecular flexibility index (Phi) is 7.47. The van der Waals surface area contributed by atoms with E-state index >= 15 is 0 Å². The van der Waals surface area contributed by atoms with Crippen LogP contribution in [0.4, 0.5) is 10.2 Å². The van der Waals surface area contributed by atoms with Crippen molar-refractivity contribution in [3.05, 3.63) is 107 Å². The lowest BCUT2D eigenvalue weighted by Gasteiger charge is -2.56. The Morgan fingerprint density at radius 2 is 1.80 bits per heavy atom. The molecule has 7 heterocycles. The standard InChI is InChI=1S/C36H30FN7O3S2/c1-21-3-7-29(8-4-21)49(46,47)44-31(36-41-22(2)20-48-36)13-30-34(25(14-38)16-40-35(30)44)23-5-10-33(39-15-23)42-18-27-12-28(19-42)43(27)17-24-11-26(37)6-9-32(24)45/h3-11,13,15-16,20,27-28,45H,12,17-19H2,1-2H3. The molecule has 6 aromatic rings. The summed E-state index contributed by atoms with van der Waals surface area (Å²) >= 11 is 1.34. The zero-order chi connectivity index (χ0) is 34.0. The van der Waals surface area contributed by atoms with Gasteiger partial charge in [0.1, 0.15) is 28.5 Å². The van der Waals surface area contributed by atoms with Gasteiger partial charge in [-0.25, -0.2) is 31.7 Å². The second-order valence-corrected chi connectivity index (χ2v) is 15.2. The van der Waals surface area contributed by atoms with Crippen LogP contribution in [-0.2, 0) is 16.6 Å². The van der Waals surface area contributed by atoms with Crippen LogP contribution in [-0.4, -0.2) is 62.5 Å². The van der Waals surface area contributed by atoms with E-state index in [2.05, 4.69) is 25.8 Å². The number of pyridine rings is 2. The summed E-state index contributed by atoms with van der Waals surface area (Å²) in [4.78, 5) is 18.6. The number of piperazine rings is 1. The molecule has 3 saturated heterocycles. The molecule has 13 heteroatoms. The number of thiazole rings is 1. The second kappa shape index (κ2) is 11.8. The number of phenols is 1. The third kappa shape index (κ3) is 5.32. The highest BCUT2D eigenvalue weighted by Gasteiger charge is 2.45. The molecule has 246 valence electrons. The first kappa shape index (κ1) is 31.1. The van der Waals surface area contributed by atoms with Gasteiger partial charge in [-0.3, -0.25) is 4.90 Å². The smallest absolute Gasteiger partial charge is 0.270 e. The minimum absolute atomic E-state index is 0.0967. The molecule has 0 spiro atoms. The molecule has 3 aliphatic heterocycles. The van der Waals surface area contributed by atoms with Crippen molar-refractivity contribution in [1.82, 2.24) is 23.8 Å². The zero-order valence-electron chi connectivity index (χ0n) is 26.6. The van der Waals surface area contributed by atoms with E-state index in [1.165, 1.54) is 39.7 Å². The second-order valence-electron chi connectivity index (χ2n) is 12.6. The van der Waals surface area contributed by atoms with E-state index in [-0.39, 0.29) is 34.2 Å². The number of aromatic hydroxyl groups is 1. The fourth-order valence-corrected chi connectivity index (χ4v) is 9.25. The van der Waals surface area contributed by atoms with E-state index in [9.17, 15) is 23.2 Å². The average molecular weight is 692 g/mol. The number of aromatic nitrogens is 4. The van der Waals surface area contributed by atoms with E-state index in [1.54, 1.807) is 36.5 Å². The first-order valence-electron chi connectivity index (χ1n) is 15.7. The number of hydrogen-bond donors (Lipinski definition) is 1. The molecule has 2 unspecified atom stereocenters. The van der Waals surface area contributed by atoms with Gasteiger partial charge >= 0.3 is 0 Å². The lowest BCUT2D eigenvalue weighted by molar-refractivity contribution is -0.00921. The van der Waals surface area contributed by atoms with Crippen LogP contribution in [0.3, 0.4) is 0 Å². The first-order valence-corrected chi connectivity index (χ1v) is 18.1. The molecule has 49 heavy (non-hydrogen) atoms. The quantitative estimate of drug-likeness (QED) is 0.207. The Morgan fingerprint density at radius 1 is 1.02 bits per heavy atom. The van der Waals surface area contributed by atoms with Gasteiger partial charge in [0.2, 0.25) is 0 Å². The molecule has 2 atom stereocenters. The van der Waals surface area contributed by atoms with Crippen molar-refractivity contribution >= 4 is 38.2 Å². The molecule has 2 bridgehead atoms. The van der Waals surface area contributed by atoms with Gasteiger partial charge in [-0.05, 0) is 68.8 Å². The largest absolute Gasteiger partial charge is 0.508 e. The van der Waals surface area contributed by atoms with Crippen molar-refractivity contribution in [2.24, 2.45) is 0 Å². The summed E-state index contributed by atoms with van der Waals surface area (Å²) in [5.74, 6) is 0.516. The fraction of sp³-hybridized carbons (Fsp3) is 0.222. The molecule has 1 N–H and O–H groups in total. The van der Waals surface area contributed by atoms with Crippen molar-refractivity contribution in [2.45, 2.75) is 43.8 Å². The first-order chi connectivity index (χ1) is 23.6. The topological polar surface area (TPSA) is 128 Å². The fourth-order valence-electron chi connectivity index (χ4n) is 6.93. The Bertz CT molecular complexity index is 2390. The normalized spacial score (nSPS) is 17.6. The molecule has 10 nitrogen and oxygen atoms in total. The van der Waals surface area contributed by atoms with Gasteiger partial charge < -0.3 is 10.0 Å². The molecule has 9 rings (SSSR count). The maximum atomic E-state index is 14.2. The van der Waals surface area contributed by atoms with Crippen molar-refractivity contribution in [3.8, 4) is 33.6 Å². The highest BCUT2D eigenvalue weighted by atomic mass is 32.2. The van der Waals surface area contributed by atoms with E-state index in [0.29, 0.717) is 44.9 Å². The lowest BCUT2D eigenvalue weighted by Crippen LogP contribution is -2.68. The predicted octanol–water partition coefficient (Wildman–Crippen LogP) is 6.26. The molecular weight excluding hydrogens is 662 g/mol. The summed E-state index contributed by atoms with van der Waals surface area (Å²) in [6.07, 6.45) is 4.15. The van der Waals surface area contributed by atoms with Crippen LogP contribution in [0.15, 0.2) is 83.3 Å². The van der Waals surface area contributed by atoms with Crippen molar-refractivity contribution in [2.75, 3.05) is 18.0 Å². The molecule has 0 aliphatic carbocycles. The maximum Gasteiger partial charge on any atom is 0.270 e. The molecule has 4 aromatic heterocycles. The van der Waals surface area contributed by atoms with Gasteiger partial charge in [0, 0.05) is 77.3 Å². The number of hydrogen-bond acceptors (Lipinski definition) is 10. The van der Waals surface area contributed by atoms with Gasteiger partial charge in [-0.15, -0.1) is 11.3 Å². The average Bonchev–Trinajstić information content (AvgIpc) is 3.72. The number of nitriles is 1. The summed E-state index contributed by atoms with van der Waals surface area (Å²) in [6.45, 7) is 5.70. The van der Waals surface area contributed by atoms with Crippen LogP contribution in [0.25, 0.3) is 32.9 Å². The summed E-state index contributed by atoms with van der Waals surface area (Å²) in [5, 5.41) is 23.3. The summed E-state index contributed by atoms with van der Waals surface area (Å²) in [7, 11) is -4.10. The number of halogens is 1. The minimum Gasteiger partial charge on any atom is -0.508 e. The number of anilines is 1. The monoisotopic (exact) mass is 691 g/mol. The number of aryl methyl sites for hydroxylation is 2. The van der Waals surface area contributed by atoms with Crippen LogP contribution in [0, 0.1) is 31.0 Å². The Labute approximate surface area is 286 Å². The Hall–Kier alpha value is -5.16. The van der Waals surface area contributed by atoms with Crippen LogP contribution in [0.1, 0.15) is 28.8 Å². The van der Waals surface area contributed by atoms with Crippen LogP contribution in [0.2, 0.25) is 0 Å². The molecule has 0 amide bonds. The van der Waals surface area contributed by atoms with E-state index < -0.39 is 10.0 Å². The third-order valence-corrected chi connectivity index (χ3v) is 12.1. The highest BCUT2D eigenvalue weighted by molar-refractivity contribution is 7.90. The van der Waals surface area contributed by atoms with Gasteiger partial charge in [-0.2, -0.15) is 5.26 Å². The number of piperidine rings is 1. The summed E-state index contributed by atoms with van der Waals surface area (Å²) < 4.78 is 43.5.